The van der Waals surface area contributed by atoms with E-state index in [1.807, 2.05) is 0 Å². The fourth-order valence-electron chi connectivity index (χ4n) is 3.92. The van der Waals surface area contributed by atoms with Crippen LogP contribution in [0.5, 0.6) is 0 Å². The molecule has 3 fully saturated rings. The Balaban J connectivity index is 1.50. The molecule has 2 N–H and O–H groups in total. The first-order chi connectivity index (χ1) is 12.4. The highest BCUT2D eigenvalue weighted by molar-refractivity contribution is 7.86. The lowest BCUT2D eigenvalue weighted by molar-refractivity contribution is -0.139. The Morgan fingerprint density at radius 2 is 1.31 bits per heavy atom. The molecule has 9 nitrogen and oxygen atoms in total. The molecule has 0 aromatic heterocycles. The summed E-state index contributed by atoms with van der Waals surface area (Å²) < 4.78 is 33.5. The van der Waals surface area contributed by atoms with E-state index in [1.165, 1.54) is 8.61 Å². The van der Waals surface area contributed by atoms with Crippen molar-refractivity contribution in [1.82, 2.24) is 13.5 Å². The molecule has 148 valence electrons. The number of piperidine rings is 2. The second-order valence-corrected chi connectivity index (χ2v) is 9.12. The van der Waals surface area contributed by atoms with Crippen molar-refractivity contribution in [2.75, 3.05) is 52.5 Å². The SMILES string of the molecule is NC(=O)C1CCN(C(=O)C2CCN(S(=O)(=O)N3CCOCC3)CC2)CC1. The number of carbonyl (C=O) groups excluding carboxylic acids is 2. The van der Waals surface area contributed by atoms with Crippen LogP contribution >= 0.6 is 0 Å². The monoisotopic (exact) mass is 388 g/mol. The van der Waals surface area contributed by atoms with E-state index in [0.717, 1.165) is 0 Å². The quantitative estimate of drug-likeness (QED) is 0.664. The van der Waals surface area contributed by atoms with Gasteiger partial charge >= 0.3 is 0 Å². The molecule has 0 saturated carbocycles. The summed E-state index contributed by atoms with van der Waals surface area (Å²) in [5.74, 6) is -0.495. The van der Waals surface area contributed by atoms with Crippen LogP contribution < -0.4 is 5.73 Å². The third kappa shape index (κ3) is 4.19. The smallest absolute Gasteiger partial charge is 0.282 e. The van der Waals surface area contributed by atoms with Gasteiger partial charge in [0.15, 0.2) is 0 Å². The van der Waals surface area contributed by atoms with E-state index in [9.17, 15) is 18.0 Å². The van der Waals surface area contributed by atoms with Gasteiger partial charge in [0.1, 0.15) is 0 Å². The molecule has 0 radical (unpaired) electrons. The molecular weight excluding hydrogens is 360 g/mol. The first-order valence-corrected chi connectivity index (χ1v) is 10.7. The lowest BCUT2D eigenvalue weighted by atomic mass is 9.92. The number of hydrogen-bond acceptors (Lipinski definition) is 5. The number of ether oxygens (including phenoxy) is 1. The van der Waals surface area contributed by atoms with Crippen LogP contribution in [-0.4, -0.2) is 86.2 Å². The van der Waals surface area contributed by atoms with Crippen LogP contribution in [0.1, 0.15) is 25.7 Å². The summed E-state index contributed by atoms with van der Waals surface area (Å²) in [6.07, 6.45) is 2.31. The predicted octanol–water partition coefficient (Wildman–Crippen LogP) is -1.00. The highest BCUT2D eigenvalue weighted by Gasteiger charge is 2.37. The van der Waals surface area contributed by atoms with Crippen molar-refractivity contribution < 1.29 is 22.7 Å². The van der Waals surface area contributed by atoms with E-state index in [4.69, 9.17) is 10.5 Å². The van der Waals surface area contributed by atoms with Crippen molar-refractivity contribution in [3.05, 3.63) is 0 Å². The zero-order valence-electron chi connectivity index (χ0n) is 15.0. The molecule has 0 bridgehead atoms. The maximum atomic E-state index is 12.7. The van der Waals surface area contributed by atoms with Crippen LogP contribution in [0.2, 0.25) is 0 Å². The van der Waals surface area contributed by atoms with Crippen LogP contribution in [-0.2, 0) is 24.5 Å². The van der Waals surface area contributed by atoms with Gasteiger partial charge in [-0.25, -0.2) is 0 Å². The maximum Gasteiger partial charge on any atom is 0.282 e. The van der Waals surface area contributed by atoms with Crippen molar-refractivity contribution in [1.29, 1.82) is 0 Å². The van der Waals surface area contributed by atoms with Crippen LogP contribution in [0.15, 0.2) is 0 Å². The zero-order chi connectivity index (χ0) is 18.7. The predicted molar refractivity (Wildman–Crippen MR) is 94.1 cm³/mol. The average molecular weight is 388 g/mol. The first kappa shape index (κ1) is 19.5. The third-order valence-electron chi connectivity index (χ3n) is 5.63. The summed E-state index contributed by atoms with van der Waals surface area (Å²) in [7, 11) is -3.47. The van der Waals surface area contributed by atoms with Gasteiger partial charge in [0.05, 0.1) is 13.2 Å². The van der Waals surface area contributed by atoms with Gasteiger partial charge in [-0.1, -0.05) is 0 Å². The van der Waals surface area contributed by atoms with Crippen LogP contribution in [0, 0.1) is 11.8 Å². The highest BCUT2D eigenvalue weighted by Crippen LogP contribution is 2.26. The van der Waals surface area contributed by atoms with Gasteiger partial charge in [-0.2, -0.15) is 17.0 Å². The lowest BCUT2D eigenvalue weighted by Gasteiger charge is -2.38. The van der Waals surface area contributed by atoms with Crippen molar-refractivity contribution in [3.63, 3.8) is 0 Å². The van der Waals surface area contributed by atoms with Gasteiger partial charge in [0.25, 0.3) is 10.2 Å². The first-order valence-electron chi connectivity index (χ1n) is 9.30. The fourth-order valence-corrected chi connectivity index (χ4v) is 5.53. The van der Waals surface area contributed by atoms with E-state index in [0.29, 0.717) is 78.2 Å². The Hall–Kier alpha value is -1.23. The molecule has 0 unspecified atom stereocenters. The molecule has 2 amide bonds. The molecule has 3 rings (SSSR count). The van der Waals surface area contributed by atoms with Gasteiger partial charge in [0, 0.05) is 51.1 Å². The van der Waals surface area contributed by atoms with Gasteiger partial charge in [0.2, 0.25) is 11.8 Å². The number of primary amides is 1. The Kier molecular flexibility index (Phi) is 6.16. The fraction of sp³-hybridized carbons (Fsp3) is 0.875. The van der Waals surface area contributed by atoms with Gasteiger partial charge in [-0.3, -0.25) is 9.59 Å². The Labute approximate surface area is 154 Å². The lowest BCUT2D eigenvalue weighted by Crippen LogP contribution is -2.52. The topological polar surface area (TPSA) is 113 Å². The number of likely N-dealkylation sites (tertiary alicyclic amines) is 1. The summed E-state index contributed by atoms with van der Waals surface area (Å²) in [6, 6.07) is 0. The maximum absolute atomic E-state index is 12.7. The van der Waals surface area contributed by atoms with E-state index in [-0.39, 0.29) is 23.7 Å². The molecule has 0 aromatic rings. The van der Waals surface area contributed by atoms with Crippen molar-refractivity contribution in [2.24, 2.45) is 17.6 Å². The van der Waals surface area contributed by atoms with Gasteiger partial charge in [-0.05, 0) is 25.7 Å². The number of nitrogens with zero attached hydrogens (tertiary/aromatic N) is 3. The second-order valence-electron chi connectivity index (χ2n) is 7.19. The average Bonchev–Trinajstić information content (AvgIpc) is 2.68. The third-order valence-corrected chi connectivity index (χ3v) is 7.67. The van der Waals surface area contributed by atoms with E-state index in [2.05, 4.69) is 0 Å². The van der Waals surface area contributed by atoms with E-state index >= 15 is 0 Å². The molecule has 3 aliphatic rings. The Bertz CT molecular complexity index is 619. The number of morpholine rings is 1. The van der Waals surface area contributed by atoms with Gasteiger partial charge in [-0.15, -0.1) is 0 Å². The number of hydrogen-bond donors (Lipinski definition) is 1. The van der Waals surface area contributed by atoms with Crippen LogP contribution in [0.4, 0.5) is 0 Å². The largest absolute Gasteiger partial charge is 0.379 e. The highest BCUT2D eigenvalue weighted by atomic mass is 32.2. The molecule has 3 heterocycles. The minimum Gasteiger partial charge on any atom is -0.379 e. The summed E-state index contributed by atoms with van der Waals surface area (Å²) in [5.41, 5.74) is 5.33. The molecule has 10 heteroatoms. The number of amides is 2. The molecular formula is C16H28N4O5S. The molecule has 0 aromatic carbocycles. The standard InChI is InChI=1S/C16H28N4O5S/c17-15(21)13-1-5-18(6-2-13)16(22)14-3-7-19(8-4-14)26(23,24)20-9-11-25-12-10-20/h13-14H,1-12H2,(H2,17,21). The van der Waals surface area contributed by atoms with E-state index < -0.39 is 10.2 Å². The van der Waals surface area contributed by atoms with Crippen LogP contribution in [0.25, 0.3) is 0 Å². The molecule has 0 spiro atoms. The minimum atomic E-state index is -3.47. The summed E-state index contributed by atoms with van der Waals surface area (Å²) >= 11 is 0. The van der Waals surface area contributed by atoms with Gasteiger partial charge < -0.3 is 15.4 Å². The molecule has 3 aliphatic heterocycles. The van der Waals surface area contributed by atoms with E-state index in [1.54, 1.807) is 4.90 Å². The number of carbonyl (C=O) groups is 2. The minimum absolute atomic E-state index is 0.0799. The molecule has 26 heavy (non-hydrogen) atoms. The molecule has 0 atom stereocenters. The van der Waals surface area contributed by atoms with Crippen molar-refractivity contribution >= 4 is 22.0 Å². The number of nitrogens with two attached hydrogens (primary N) is 1. The second kappa shape index (κ2) is 8.20. The molecule has 0 aliphatic carbocycles. The van der Waals surface area contributed by atoms with Crippen molar-refractivity contribution in [3.8, 4) is 0 Å². The zero-order valence-corrected chi connectivity index (χ0v) is 15.8. The summed E-state index contributed by atoms with van der Waals surface area (Å²) in [4.78, 5) is 25.7. The summed E-state index contributed by atoms with van der Waals surface area (Å²) in [5, 5.41) is 0. The molecule has 3 saturated heterocycles. The summed E-state index contributed by atoms with van der Waals surface area (Å²) in [6.45, 7) is 3.47. The number of rotatable bonds is 4. The normalized spacial score (nSPS) is 25.3. The van der Waals surface area contributed by atoms with Crippen molar-refractivity contribution in [2.45, 2.75) is 25.7 Å². The Morgan fingerprint density at radius 1 is 0.808 bits per heavy atom. The van der Waals surface area contributed by atoms with Crippen LogP contribution in [0.3, 0.4) is 0 Å². The Morgan fingerprint density at radius 3 is 1.85 bits per heavy atom.